The van der Waals surface area contributed by atoms with Crippen LogP contribution in [0.3, 0.4) is 0 Å². The van der Waals surface area contributed by atoms with Crippen LogP contribution in [0.25, 0.3) is 0 Å². The van der Waals surface area contributed by atoms with E-state index < -0.39 is 9.84 Å². The minimum Gasteiger partial charge on any atom is -0.219 e. The van der Waals surface area contributed by atoms with Crippen molar-refractivity contribution >= 4 is 9.84 Å². The molecule has 3 heteroatoms. The first-order chi connectivity index (χ1) is 8.62. The van der Waals surface area contributed by atoms with Crippen LogP contribution in [0.1, 0.15) is 32.1 Å². The summed E-state index contributed by atoms with van der Waals surface area (Å²) in [5.41, 5.74) is 0.899. The van der Waals surface area contributed by atoms with E-state index in [1.54, 1.807) is 24.3 Å². The first-order valence-electron chi connectivity index (χ1n) is 6.31. The minimum absolute atomic E-state index is 0.274. The van der Waals surface area contributed by atoms with Gasteiger partial charge in [0.25, 0.3) is 0 Å². The third kappa shape index (κ3) is 2.72. The van der Waals surface area contributed by atoms with E-state index in [9.17, 15) is 8.42 Å². The van der Waals surface area contributed by atoms with Gasteiger partial charge in [-0.15, -0.1) is 0 Å². The van der Waals surface area contributed by atoms with Gasteiger partial charge < -0.3 is 0 Å². The van der Waals surface area contributed by atoms with Crippen LogP contribution in [0.4, 0.5) is 0 Å². The lowest BCUT2D eigenvalue weighted by atomic mass is 10.1. The molecule has 0 fully saturated rings. The summed E-state index contributed by atoms with van der Waals surface area (Å²) in [5, 5.41) is 0. The molecule has 0 amide bonds. The number of hydrogen-bond donors (Lipinski definition) is 0. The molecule has 0 atom stereocenters. The van der Waals surface area contributed by atoms with Crippen molar-refractivity contribution in [3.63, 3.8) is 0 Å². The van der Waals surface area contributed by atoms with Crippen LogP contribution >= 0.6 is 0 Å². The fraction of sp³-hybridized carbons (Fsp3) is 0.333. The standard InChI is InChI=1S/C15H18O2S/c1-13(14-9-5-2-3-6-10-14)18(16,17)15-11-7-4-8-12-15/h4,7-9,11-12H,1-3,5-6,10H2. The summed E-state index contributed by atoms with van der Waals surface area (Å²) in [6.45, 7) is 3.81. The predicted molar refractivity (Wildman–Crippen MR) is 73.9 cm³/mol. The van der Waals surface area contributed by atoms with Crippen LogP contribution in [0.15, 0.2) is 58.4 Å². The summed E-state index contributed by atoms with van der Waals surface area (Å²) in [7, 11) is -3.42. The third-order valence-electron chi connectivity index (χ3n) is 3.28. The SMILES string of the molecule is C=C(C1=CCCCCC1)S(=O)(=O)c1ccccc1. The van der Waals surface area contributed by atoms with Crippen molar-refractivity contribution in [2.24, 2.45) is 0 Å². The maximum atomic E-state index is 12.4. The molecule has 1 aromatic carbocycles. The number of hydrogen-bond acceptors (Lipinski definition) is 2. The van der Waals surface area contributed by atoms with Gasteiger partial charge in [0.1, 0.15) is 0 Å². The summed E-state index contributed by atoms with van der Waals surface area (Å²) >= 11 is 0. The molecule has 1 aromatic rings. The first kappa shape index (κ1) is 13.1. The molecule has 0 bridgehead atoms. The third-order valence-corrected chi connectivity index (χ3v) is 5.08. The van der Waals surface area contributed by atoms with E-state index in [1.807, 2.05) is 12.1 Å². The van der Waals surface area contributed by atoms with Crippen molar-refractivity contribution in [3.8, 4) is 0 Å². The van der Waals surface area contributed by atoms with Crippen LogP contribution in [0, 0.1) is 0 Å². The Labute approximate surface area is 109 Å². The van der Waals surface area contributed by atoms with E-state index in [0.717, 1.165) is 31.3 Å². The second kappa shape index (κ2) is 5.53. The molecular formula is C15H18O2S. The molecule has 96 valence electrons. The van der Waals surface area contributed by atoms with E-state index in [1.165, 1.54) is 6.42 Å². The smallest absolute Gasteiger partial charge is 0.206 e. The summed E-state index contributed by atoms with van der Waals surface area (Å²) in [5.74, 6) is 0. The Morgan fingerprint density at radius 2 is 1.78 bits per heavy atom. The Kier molecular flexibility index (Phi) is 4.02. The van der Waals surface area contributed by atoms with Gasteiger partial charge in [-0.1, -0.05) is 37.3 Å². The van der Waals surface area contributed by atoms with E-state index in [4.69, 9.17) is 0 Å². The molecule has 0 radical (unpaired) electrons. The Morgan fingerprint density at radius 3 is 2.50 bits per heavy atom. The highest BCUT2D eigenvalue weighted by Gasteiger charge is 2.21. The zero-order chi connectivity index (χ0) is 13.0. The zero-order valence-electron chi connectivity index (χ0n) is 10.4. The van der Waals surface area contributed by atoms with Gasteiger partial charge >= 0.3 is 0 Å². The predicted octanol–water partition coefficient (Wildman–Crippen LogP) is 3.86. The van der Waals surface area contributed by atoms with Crippen molar-refractivity contribution in [2.45, 2.75) is 37.0 Å². The van der Waals surface area contributed by atoms with Gasteiger partial charge in [-0.3, -0.25) is 0 Å². The molecule has 1 aliphatic rings. The largest absolute Gasteiger partial charge is 0.219 e. The Hall–Kier alpha value is -1.35. The summed E-state index contributed by atoms with van der Waals surface area (Å²) < 4.78 is 24.8. The number of allylic oxidation sites excluding steroid dienone is 2. The van der Waals surface area contributed by atoms with Crippen molar-refractivity contribution in [2.75, 3.05) is 0 Å². The molecule has 0 unspecified atom stereocenters. The van der Waals surface area contributed by atoms with Gasteiger partial charge in [0.2, 0.25) is 9.84 Å². The van der Waals surface area contributed by atoms with Crippen molar-refractivity contribution < 1.29 is 8.42 Å². The van der Waals surface area contributed by atoms with Crippen LogP contribution in [0.5, 0.6) is 0 Å². The van der Waals surface area contributed by atoms with Gasteiger partial charge in [-0.25, -0.2) is 8.42 Å². The minimum atomic E-state index is -3.42. The quantitative estimate of drug-likeness (QED) is 0.828. The van der Waals surface area contributed by atoms with Gasteiger partial charge in [-0.05, 0) is 43.4 Å². The van der Waals surface area contributed by atoms with E-state index >= 15 is 0 Å². The monoisotopic (exact) mass is 262 g/mol. The topological polar surface area (TPSA) is 34.1 Å². The van der Waals surface area contributed by atoms with Crippen molar-refractivity contribution in [1.82, 2.24) is 0 Å². The maximum absolute atomic E-state index is 12.4. The molecule has 0 aliphatic heterocycles. The highest BCUT2D eigenvalue weighted by atomic mass is 32.2. The van der Waals surface area contributed by atoms with E-state index in [2.05, 4.69) is 6.58 Å². The first-order valence-corrected chi connectivity index (χ1v) is 7.79. The van der Waals surface area contributed by atoms with Gasteiger partial charge in [0.15, 0.2) is 0 Å². The molecule has 1 aliphatic carbocycles. The summed E-state index contributed by atoms with van der Waals surface area (Å²) in [6.07, 6.45) is 7.18. The normalized spacial score (nSPS) is 16.8. The zero-order valence-corrected chi connectivity index (χ0v) is 11.2. The average Bonchev–Trinajstić information content (AvgIpc) is 2.67. The molecule has 2 rings (SSSR count). The van der Waals surface area contributed by atoms with E-state index in [-0.39, 0.29) is 4.91 Å². The van der Waals surface area contributed by atoms with Crippen LogP contribution < -0.4 is 0 Å². The molecule has 18 heavy (non-hydrogen) atoms. The molecule has 2 nitrogen and oxygen atoms in total. The van der Waals surface area contributed by atoms with Crippen LogP contribution in [-0.4, -0.2) is 8.42 Å². The second-order valence-electron chi connectivity index (χ2n) is 4.57. The molecule has 0 saturated heterocycles. The Bertz CT molecular complexity index is 553. The lowest BCUT2D eigenvalue weighted by Crippen LogP contribution is -2.06. The second-order valence-corrected chi connectivity index (χ2v) is 6.54. The van der Waals surface area contributed by atoms with Crippen LogP contribution in [-0.2, 0) is 9.84 Å². The van der Waals surface area contributed by atoms with Crippen LogP contribution in [0.2, 0.25) is 0 Å². The fourth-order valence-corrected chi connectivity index (χ4v) is 3.51. The van der Waals surface area contributed by atoms with Gasteiger partial charge in [-0.2, -0.15) is 0 Å². The molecular weight excluding hydrogens is 244 g/mol. The van der Waals surface area contributed by atoms with Gasteiger partial charge in [0, 0.05) is 0 Å². The number of rotatable bonds is 3. The summed E-state index contributed by atoms with van der Waals surface area (Å²) in [6, 6.07) is 8.53. The molecule has 0 aromatic heterocycles. The lowest BCUT2D eigenvalue weighted by Gasteiger charge is -2.10. The number of benzene rings is 1. The Balaban J connectivity index is 2.31. The summed E-state index contributed by atoms with van der Waals surface area (Å²) in [4.78, 5) is 0.607. The molecule has 0 N–H and O–H groups in total. The lowest BCUT2D eigenvalue weighted by molar-refractivity contribution is 0.602. The fourth-order valence-electron chi connectivity index (χ4n) is 2.18. The van der Waals surface area contributed by atoms with Gasteiger partial charge in [0.05, 0.1) is 9.80 Å². The highest BCUT2D eigenvalue weighted by molar-refractivity contribution is 7.95. The number of sulfone groups is 1. The highest BCUT2D eigenvalue weighted by Crippen LogP contribution is 2.29. The molecule has 0 heterocycles. The van der Waals surface area contributed by atoms with E-state index in [0.29, 0.717) is 4.90 Å². The maximum Gasteiger partial charge on any atom is 0.206 e. The molecule has 0 saturated carbocycles. The van der Waals surface area contributed by atoms with Crippen molar-refractivity contribution in [1.29, 1.82) is 0 Å². The average molecular weight is 262 g/mol. The van der Waals surface area contributed by atoms with Crippen molar-refractivity contribution in [3.05, 3.63) is 53.5 Å². The Morgan fingerprint density at radius 1 is 1.06 bits per heavy atom. The molecule has 0 spiro atoms.